The van der Waals surface area contributed by atoms with Crippen molar-refractivity contribution in [2.24, 2.45) is 0 Å². The molecule has 1 aliphatic rings. The smallest absolute Gasteiger partial charge is 0.148 e. The average molecular weight is 264 g/mol. The van der Waals surface area contributed by atoms with Gasteiger partial charge in [-0.1, -0.05) is 42.5 Å². The number of fused-ring (bicyclic) bond motifs is 2. The van der Waals surface area contributed by atoms with E-state index >= 15 is 0 Å². The Morgan fingerprint density at radius 3 is 2.95 bits per heavy atom. The van der Waals surface area contributed by atoms with Gasteiger partial charge in [0.15, 0.2) is 0 Å². The van der Waals surface area contributed by atoms with Crippen LogP contribution in [0.3, 0.4) is 0 Å². The Hall–Kier alpha value is -2.49. The predicted octanol–water partition coefficient (Wildman–Crippen LogP) is 3.02. The maximum atomic E-state index is 5.97. The molecule has 100 valence electrons. The second-order valence-corrected chi connectivity index (χ2v) is 5.19. The second-order valence-electron chi connectivity index (χ2n) is 5.19. The van der Waals surface area contributed by atoms with Crippen LogP contribution < -0.4 is 11.1 Å². The van der Waals surface area contributed by atoms with E-state index in [1.165, 1.54) is 16.3 Å². The zero-order chi connectivity index (χ0) is 13.5. The zero-order valence-corrected chi connectivity index (χ0v) is 11.1. The van der Waals surface area contributed by atoms with Crippen molar-refractivity contribution in [3.05, 3.63) is 54.2 Å². The van der Waals surface area contributed by atoms with E-state index in [2.05, 4.69) is 52.9 Å². The number of nitrogens with two attached hydrogens (primary N) is 1. The van der Waals surface area contributed by atoms with Crippen LogP contribution in [0.4, 0.5) is 11.5 Å². The van der Waals surface area contributed by atoms with Gasteiger partial charge in [0, 0.05) is 6.54 Å². The van der Waals surface area contributed by atoms with Crippen molar-refractivity contribution < 1.29 is 0 Å². The van der Waals surface area contributed by atoms with Gasteiger partial charge >= 0.3 is 0 Å². The molecule has 0 aliphatic carbocycles. The number of anilines is 2. The Labute approximate surface area is 117 Å². The largest absolute Gasteiger partial charge is 0.394 e. The van der Waals surface area contributed by atoms with Crippen LogP contribution in [-0.4, -0.2) is 16.3 Å². The fraction of sp³-hybridized carbons (Fsp3) is 0.188. The molecular weight excluding hydrogens is 248 g/mol. The summed E-state index contributed by atoms with van der Waals surface area (Å²) in [6.45, 7) is 0.920. The third-order valence-electron chi connectivity index (χ3n) is 4.01. The van der Waals surface area contributed by atoms with Gasteiger partial charge in [0.25, 0.3) is 0 Å². The van der Waals surface area contributed by atoms with Crippen LogP contribution >= 0.6 is 0 Å². The van der Waals surface area contributed by atoms with E-state index in [0.717, 1.165) is 24.5 Å². The van der Waals surface area contributed by atoms with E-state index in [1.807, 2.05) is 4.68 Å². The molecule has 1 atom stereocenters. The minimum atomic E-state index is 0.245. The third-order valence-corrected chi connectivity index (χ3v) is 4.01. The van der Waals surface area contributed by atoms with Crippen LogP contribution in [0.2, 0.25) is 0 Å². The number of hydrogen-bond acceptors (Lipinski definition) is 3. The Morgan fingerprint density at radius 1 is 1.15 bits per heavy atom. The summed E-state index contributed by atoms with van der Waals surface area (Å²) in [5.74, 6) is 0.939. The summed E-state index contributed by atoms with van der Waals surface area (Å²) in [7, 11) is 0. The van der Waals surface area contributed by atoms with Crippen LogP contribution in [0.15, 0.2) is 48.7 Å². The molecule has 4 rings (SSSR count). The van der Waals surface area contributed by atoms with Gasteiger partial charge in [0.2, 0.25) is 0 Å². The quantitative estimate of drug-likeness (QED) is 0.710. The summed E-state index contributed by atoms with van der Waals surface area (Å²) < 4.78 is 2.01. The van der Waals surface area contributed by atoms with E-state index in [4.69, 9.17) is 5.73 Å². The lowest BCUT2D eigenvalue weighted by molar-refractivity contribution is 0.485. The molecule has 3 aromatic rings. The summed E-state index contributed by atoms with van der Waals surface area (Å²) in [5.41, 5.74) is 8.00. The molecule has 2 aromatic carbocycles. The lowest BCUT2D eigenvalue weighted by Crippen LogP contribution is -2.24. The first-order valence-electron chi connectivity index (χ1n) is 6.89. The minimum absolute atomic E-state index is 0.245. The van der Waals surface area contributed by atoms with Crippen molar-refractivity contribution in [3.8, 4) is 0 Å². The molecule has 1 unspecified atom stereocenters. The molecule has 0 amide bonds. The number of benzene rings is 2. The third kappa shape index (κ3) is 1.58. The van der Waals surface area contributed by atoms with Crippen LogP contribution in [0, 0.1) is 0 Å². The summed E-state index contributed by atoms with van der Waals surface area (Å²) in [6.07, 6.45) is 2.74. The van der Waals surface area contributed by atoms with Gasteiger partial charge in [-0.15, -0.1) is 0 Å². The molecule has 0 radical (unpaired) electrons. The van der Waals surface area contributed by atoms with Crippen LogP contribution in [0.1, 0.15) is 18.0 Å². The standard InChI is InChI=1S/C16H16N4/c17-14-10-19-20-15(8-9-18-16(14)20)13-7-3-5-11-4-1-2-6-12(11)13/h1-7,10,15,18H,8-9,17H2. The average Bonchev–Trinajstić information content (AvgIpc) is 2.88. The number of nitrogens with zero attached hydrogens (tertiary/aromatic N) is 2. The Kier molecular flexibility index (Phi) is 2.42. The SMILES string of the molecule is Nc1cnn2c1NCCC2c1cccc2ccccc12. The number of nitrogens with one attached hydrogen (secondary N) is 1. The number of aromatic nitrogens is 2. The molecule has 1 aliphatic heterocycles. The molecule has 0 fully saturated rings. The number of nitrogen functional groups attached to an aromatic ring is 1. The summed E-state index contributed by atoms with van der Waals surface area (Å²) in [4.78, 5) is 0. The molecule has 0 saturated carbocycles. The lowest BCUT2D eigenvalue weighted by Gasteiger charge is -2.27. The molecule has 3 N–H and O–H groups in total. The first-order valence-corrected chi connectivity index (χ1v) is 6.89. The Morgan fingerprint density at radius 2 is 2.00 bits per heavy atom. The summed E-state index contributed by atoms with van der Waals surface area (Å²) in [5, 5.41) is 10.3. The maximum Gasteiger partial charge on any atom is 0.148 e. The van der Waals surface area contributed by atoms with E-state index in [0.29, 0.717) is 0 Å². The van der Waals surface area contributed by atoms with Gasteiger partial charge in [0.05, 0.1) is 17.9 Å². The Bertz CT molecular complexity index is 770. The van der Waals surface area contributed by atoms with Gasteiger partial charge in [-0.25, -0.2) is 4.68 Å². The van der Waals surface area contributed by atoms with Crippen molar-refractivity contribution in [2.45, 2.75) is 12.5 Å². The van der Waals surface area contributed by atoms with E-state index in [-0.39, 0.29) is 6.04 Å². The first-order chi connectivity index (χ1) is 9.84. The van der Waals surface area contributed by atoms with Crippen molar-refractivity contribution in [1.82, 2.24) is 9.78 Å². The van der Waals surface area contributed by atoms with Crippen molar-refractivity contribution in [2.75, 3.05) is 17.6 Å². The van der Waals surface area contributed by atoms with Gasteiger partial charge in [-0.05, 0) is 22.8 Å². The fourth-order valence-electron chi connectivity index (χ4n) is 3.07. The highest BCUT2D eigenvalue weighted by molar-refractivity contribution is 5.86. The van der Waals surface area contributed by atoms with Crippen LogP contribution in [-0.2, 0) is 0 Å². The van der Waals surface area contributed by atoms with Crippen molar-refractivity contribution in [3.63, 3.8) is 0 Å². The molecule has 2 heterocycles. The van der Waals surface area contributed by atoms with E-state index < -0.39 is 0 Å². The molecule has 4 heteroatoms. The number of hydrogen-bond donors (Lipinski definition) is 2. The highest BCUT2D eigenvalue weighted by Crippen LogP contribution is 2.35. The molecular formula is C16H16N4. The van der Waals surface area contributed by atoms with Gasteiger partial charge < -0.3 is 11.1 Å². The predicted molar refractivity (Wildman–Crippen MR) is 81.8 cm³/mol. The summed E-state index contributed by atoms with van der Waals surface area (Å²) >= 11 is 0. The fourth-order valence-corrected chi connectivity index (χ4v) is 3.07. The molecule has 0 bridgehead atoms. The van der Waals surface area contributed by atoms with Crippen LogP contribution in [0.5, 0.6) is 0 Å². The first kappa shape index (κ1) is 11.3. The topological polar surface area (TPSA) is 55.9 Å². The highest BCUT2D eigenvalue weighted by atomic mass is 15.4. The molecule has 1 aromatic heterocycles. The van der Waals surface area contributed by atoms with Crippen molar-refractivity contribution in [1.29, 1.82) is 0 Å². The second kappa shape index (κ2) is 4.27. The minimum Gasteiger partial charge on any atom is -0.394 e. The normalized spacial score (nSPS) is 17.7. The van der Waals surface area contributed by atoms with Gasteiger partial charge in [-0.3, -0.25) is 0 Å². The lowest BCUT2D eigenvalue weighted by atomic mass is 9.96. The van der Waals surface area contributed by atoms with Gasteiger partial charge in [-0.2, -0.15) is 5.10 Å². The maximum absolute atomic E-state index is 5.97. The molecule has 4 nitrogen and oxygen atoms in total. The number of rotatable bonds is 1. The van der Waals surface area contributed by atoms with Crippen LogP contribution in [0.25, 0.3) is 10.8 Å². The van der Waals surface area contributed by atoms with E-state index in [9.17, 15) is 0 Å². The van der Waals surface area contributed by atoms with E-state index in [1.54, 1.807) is 6.20 Å². The molecule has 20 heavy (non-hydrogen) atoms. The van der Waals surface area contributed by atoms with Crippen molar-refractivity contribution >= 4 is 22.3 Å². The highest BCUT2D eigenvalue weighted by Gasteiger charge is 2.24. The molecule has 0 saturated heterocycles. The summed E-state index contributed by atoms with van der Waals surface area (Å²) in [6, 6.07) is 15.2. The molecule has 0 spiro atoms. The zero-order valence-electron chi connectivity index (χ0n) is 11.1. The monoisotopic (exact) mass is 264 g/mol. The Balaban J connectivity index is 1.92. The van der Waals surface area contributed by atoms with Gasteiger partial charge in [0.1, 0.15) is 5.82 Å².